The van der Waals surface area contributed by atoms with E-state index in [9.17, 15) is 4.91 Å². The summed E-state index contributed by atoms with van der Waals surface area (Å²) in [5.74, 6) is 0.361. The first kappa shape index (κ1) is 5.22. The summed E-state index contributed by atoms with van der Waals surface area (Å²) in [4.78, 5) is 15.7. The number of aromatic nitrogens is 2. The molecule has 0 saturated carbocycles. The molecule has 4 nitrogen and oxygen atoms in total. The highest BCUT2D eigenvalue weighted by molar-refractivity contribution is 5.88. The first-order valence-electron chi connectivity index (χ1n) is 2.89. The molecule has 0 aliphatic carbocycles. The van der Waals surface area contributed by atoms with Gasteiger partial charge in [-0.3, -0.25) is 0 Å². The topological polar surface area (TPSA) is 61.0 Å². The molecule has 2 N–H and O–H groups in total. The molecular weight excluding hydrogens is 130 g/mol. The largest absolute Gasteiger partial charge is 0.358 e. The van der Waals surface area contributed by atoms with Gasteiger partial charge in [0.2, 0.25) is 0 Å². The molecule has 2 aromatic rings. The number of rotatable bonds is 1. The third-order valence-corrected chi connectivity index (χ3v) is 1.47. The predicted molar refractivity (Wildman–Crippen MR) is 38.1 cm³/mol. The Bertz CT molecular complexity index is 360. The van der Waals surface area contributed by atoms with Crippen LogP contribution in [0.5, 0.6) is 0 Å². The average Bonchev–Trinajstić information content (AvgIpc) is 2.44. The normalized spacial score (nSPS) is 10.4. The number of hydrogen-bond acceptors (Lipinski definition) is 2. The van der Waals surface area contributed by atoms with Gasteiger partial charge in [0, 0.05) is 17.8 Å². The Morgan fingerprint density at radius 2 is 2.30 bits per heavy atom. The zero-order valence-corrected chi connectivity index (χ0v) is 5.09. The second-order valence-electron chi connectivity index (χ2n) is 2.04. The highest BCUT2D eigenvalue weighted by atomic mass is 16.3. The second kappa shape index (κ2) is 1.70. The van der Waals surface area contributed by atoms with E-state index in [0.29, 0.717) is 5.82 Å². The fourth-order valence-electron chi connectivity index (χ4n) is 0.997. The van der Waals surface area contributed by atoms with Gasteiger partial charge in [-0.15, -0.1) is 4.91 Å². The van der Waals surface area contributed by atoms with Crippen molar-refractivity contribution in [3.05, 3.63) is 23.4 Å². The molecular formula is C6H5N3O. The molecule has 2 aromatic heterocycles. The minimum absolute atomic E-state index is 0.361. The Morgan fingerprint density at radius 3 is 3.10 bits per heavy atom. The summed E-state index contributed by atoms with van der Waals surface area (Å²) in [6.45, 7) is 0. The van der Waals surface area contributed by atoms with Gasteiger partial charge in [-0.05, 0) is 11.2 Å². The lowest BCUT2D eigenvalue weighted by molar-refractivity contribution is 1.31. The molecule has 0 fully saturated rings. The van der Waals surface area contributed by atoms with Crippen LogP contribution in [0, 0.1) is 4.91 Å². The Morgan fingerprint density at radius 1 is 1.40 bits per heavy atom. The Balaban J connectivity index is 2.88. The number of hydrogen-bond donors (Lipinski definition) is 2. The lowest BCUT2D eigenvalue weighted by Crippen LogP contribution is -1.60. The monoisotopic (exact) mass is 135 g/mol. The van der Waals surface area contributed by atoms with Crippen LogP contribution in [0.15, 0.2) is 23.6 Å². The Labute approximate surface area is 56.2 Å². The van der Waals surface area contributed by atoms with Gasteiger partial charge in [0.15, 0.2) is 5.82 Å². The summed E-state index contributed by atoms with van der Waals surface area (Å²) >= 11 is 0. The van der Waals surface area contributed by atoms with E-state index in [4.69, 9.17) is 0 Å². The summed E-state index contributed by atoms with van der Waals surface area (Å²) in [6, 6.07) is 1.88. The van der Waals surface area contributed by atoms with E-state index in [0.717, 1.165) is 10.9 Å². The van der Waals surface area contributed by atoms with Gasteiger partial charge < -0.3 is 9.97 Å². The molecule has 10 heavy (non-hydrogen) atoms. The number of nitrogens with zero attached hydrogens (tertiary/aromatic N) is 1. The third-order valence-electron chi connectivity index (χ3n) is 1.47. The van der Waals surface area contributed by atoms with Gasteiger partial charge >= 0.3 is 0 Å². The molecule has 2 heterocycles. The summed E-state index contributed by atoms with van der Waals surface area (Å²) in [5.41, 5.74) is 0.773. The van der Waals surface area contributed by atoms with E-state index >= 15 is 0 Å². The molecule has 0 aromatic carbocycles. The Hall–Kier alpha value is -1.58. The van der Waals surface area contributed by atoms with E-state index < -0.39 is 0 Å². The number of aromatic amines is 2. The molecule has 2 rings (SSSR count). The van der Waals surface area contributed by atoms with Crippen molar-refractivity contribution < 1.29 is 0 Å². The van der Waals surface area contributed by atoms with Crippen LogP contribution in [0.25, 0.3) is 10.9 Å². The van der Waals surface area contributed by atoms with Crippen LogP contribution in [0.4, 0.5) is 5.82 Å². The number of nitrogens with one attached hydrogen (secondary N) is 2. The van der Waals surface area contributed by atoms with E-state index in [-0.39, 0.29) is 0 Å². The van der Waals surface area contributed by atoms with Crippen molar-refractivity contribution in [3.8, 4) is 0 Å². The molecule has 0 saturated heterocycles. The lowest BCUT2D eigenvalue weighted by Gasteiger charge is -1.77. The molecule has 0 spiro atoms. The van der Waals surface area contributed by atoms with Crippen LogP contribution in [0.3, 0.4) is 0 Å². The quantitative estimate of drug-likeness (QED) is 0.576. The zero-order valence-electron chi connectivity index (χ0n) is 5.09. The summed E-state index contributed by atoms with van der Waals surface area (Å²) in [5, 5.41) is 3.78. The summed E-state index contributed by atoms with van der Waals surface area (Å²) < 4.78 is 0. The molecule has 0 aliphatic heterocycles. The smallest absolute Gasteiger partial charge is 0.199 e. The van der Waals surface area contributed by atoms with Gasteiger partial charge in [-0.25, -0.2) is 0 Å². The molecule has 0 bridgehead atoms. The van der Waals surface area contributed by atoms with Gasteiger partial charge in [-0.2, -0.15) is 0 Å². The van der Waals surface area contributed by atoms with Crippen LogP contribution >= 0.6 is 0 Å². The predicted octanol–water partition coefficient (Wildman–Crippen LogP) is 1.89. The maximum atomic E-state index is 10.1. The SMILES string of the molecule is O=Nc1[nH]cc2cc[nH]c12. The summed E-state index contributed by atoms with van der Waals surface area (Å²) in [6.07, 6.45) is 3.51. The maximum absolute atomic E-state index is 10.1. The van der Waals surface area contributed by atoms with Crippen molar-refractivity contribution in [2.24, 2.45) is 5.18 Å². The molecule has 0 aliphatic rings. The molecule has 0 radical (unpaired) electrons. The highest BCUT2D eigenvalue weighted by Gasteiger charge is 2.01. The van der Waals surface area contributed by atoms with E-state index in [1.807, 2.05) is 6.07 Å². The molecule has 50 valence electrons. The van der Waals surface area contributed by atoms with Crippen LogP contribution in [-0.4, -0.2) is 9.97 Å². The third kappa shape index (κ3) is 0.500. The Kier molecular flexibility index (Phi) is 0.887. The molecule has 4 heteroatoms. The minimum Gasteiger partial charge on any atom is -0.358 e. The molecule has 0 atom stereocenters. The lowest BCUT2D eigenvalue weighted by atomic mass is 10.4. The van der Waals surface area contributed by atoms with Gasteiger partial charge in [0.1, 0.15) is 0 Å². The highest BCUT2D eigenvalue weighted by Crippen LogP contribution is 2.22. The first-order valence-corrected chi connectivity index (χ1v) is 2.89. The van der Waals surface area contributed by atoms with Crippen molar-refractivity contribution in [3.63, 3.8) is 0 Å². The summed E-state index contributed by atoms with van der Waals surface area (Å²) in [7, 11) is 0. The van der Waals surface area contributed by atoms with Crippen molar-refractivity contribution in [2.75, 3.05) is 0 Å². The van der Waals surface area contributed by atoms with Crippen molar-refractivity contribution in [2.45, 2.75) is 0 Å². The molecule has 0 unspecified atom stereocenters. The number of fused-ring (bicyclic) bond motifs is 1. The van der Waals surface area contributed by atoms with Gasteiger partial charge in [-0.1, -0.05) is 0 Å². The zero-order chi connectivity index (χ0) is 6.97. The van der Waals surface area contributed by atoms with Crippen LogP contribution < -0.4 is 0 Å². The number of H-pyrrole nitrogens is 2. The van der Waals surface area contributed by atoms with Gasteiger partial charge in [0.25, 0.3) is 0 Å². The van der Waals surface area contributed by atoms with Crippen molar-refractivity contribution >= 4 is 16.7 Å². The van der Waals surface area contributed by atoms with Crippen LogP contribution in [0.2, 0.25) is 0 Å². The van der Waals surface area contributed by atoms with E-state index in [1.54, 1.807) is 12.4 Å². The maximum Gasteiger partial charge on any atom is 0.199 e. The second-order valence-corrected chi connectivity index (χ2v) is 2.04. The van der Waals surface area contributed by atoms with E-state index in [2.05, 4.69) is 15.1 Å². The average molecular weight is 135 g/mol. The number of nitroso groups, excluding NO2 is 1. The first-order chi connectivity index (χ1) is 4.92. The van der Waals surface area contributed by atoms with Gasteiger partial charge in [0.05, 0.1) is 5.52 Å². The minimum atomic E-state index is 0.361. The fourth-order valence-corrected chi connectivity index (χ4v) is 0.997. The fraction of sp³-hybridized carbons (Fsp3) is 0. The van der Waals surface area contributed by atoms with Crippen molar-refractivity contribution in [1.29, 1.82) is 0 Å². The van der Waals surface area contributed by atoms with E-state index in [1.165, 1.54) is 0 Å². The van der Waals surface area contributed by atoms with Crippen molar-refractivity contribution in [1.82, 2.24) is 9.97 Å². The van der Waals surface area contributed by atoms with Crippen LogP contribution in [-0.2, 0) is 0 Å². The van der Waals surface area contributed by atoms with Crippen LogP contribution in [0.1, 0.15) is 0 Å². The molecule has 0 amide bonds. The standard InChI is InChI=1S/C6H5N3O/c10-9-6-5-4(3-8-6)1-2-7-5/h1-3,7-8H.